The molecule has 1 aromatic heterocycles. The molecule has 0 saturated heterocycles. The van der Waals surface area contributed by atoms with Crippen molar-refractivity contribution in [3.8, 4) is 5.75 Å². The summed E-state index contributed by atoms with van der Waals surface area (Å²) in [7, 11) is 1.76. The highest BCUT2D eigenvalue weighted by atomic mass is 16.5. The predicted molar refractivity (Wildman–Crippen MR) is 64.9 cm³/mol. The third-order valence-electron chi connectivity index (χ3n) is 3.01. The number of nitrogens with one attached hydrogen (secondary N) is 1. The van der Waals surface area contributed by atoms with Crippen molar-refractivity contribution in [2.24, 2.45) is 7.05 Å². The van der Waals surface area contributed by atoms with Crippen LogP contribution in [0.4, 0.5) is 0 Å². The lowest BCUT2D eigenvalue weighted by molar-refractivity contribution is 0.251. The minimum atomic E-state index is 0.291. The van der Waals surface area contributed by atoms with Crippen LogP contribution in [0.2, 0.25) is 0 Å². The van der Waals surface area contributed by atoms with Crippen LogP contribution >= 0.6 is 0 Å². The van der Waals surface area contributed by atoms with Crippen LogP contribution in [0, 0.1) is 0 Å². The molecule has 2 heterocycles. The smallest absolute Gasteiger partial charge is 0.188 e. The summed E-state index contributed by atoms with van der Waals surface area (Å²) in [6, 6.07) is 8.41. The van der Waals surface area contributed by atoms with E-state index in [0.717, 1.165) is 18.8 Å². The molecule has 94 valence electrons. The van der Waals surface area contributed by atoms with Gasteiger partial charge in [0.05, 0.1) is 20.2 Å². The van der Waals surface area contributed by atoms with Crippen molar-refractivity contribution in [1.29, 1.82) is 0 Å². The SMILES string of the molecule is Cn1nnc(CNC2CCOc3ccccc32)n1. The van der Waals surface area contributed by atoms with Gasteiger partial charge in [0, 0.05) is 18.0 Å². The third-order valence-corrected chi connectivity index (χ3v) is 3.01. The minimum Gasteiger partial charge on any atom is -0.493 e. The van der Waals surface area contributed by atoms with Gasteiger partial charge >= 0.3 is 0 Å². The molecule has 1 aliphatic rings. The van der Waals surface area contributed by atoms with Gasteiger partial charge in [-0.15, -0.1) is 10.2 Å². The number of aryl methyl sites for hydroxylation is 1. The van der Waals surface area contributed by atoms with Crippen LogP contribution in [-0.4, -0.2) is 26.8 Å². The quantitative estimate of drug-likeness (QED) is 0.867. The number of ether oxygens (including phenoxy) is 1. The standard InChI is InChI=1S/C12H15N5O/c1-17-15-12(14-16-17)8-13-10-6-7-18-11-5-3-2-4-9(10)11/h2-5,10,13H,6-8H2,1H3. The number of aromatic nitrogens is 4. The van der Waals surface area contributed by atoms with Crippen LogP contribution in [0.3, 0.4) is 0 Å². The highest BCUT2D eigenvalue weighted by molar-refractivity contribution is 5.37. The van der Waals surface area contributed by atoms with Crippen LogP contribution in [0.5, 0.6) is 5.75 Å². The van der Waals surface area contributed by atoms with Crippen molar-refractivity contribution in [3.63, 3.8) is 0 Å². The molecule has 6 nitrogen and oxygen atoms in total. The van der Waals surface area contributed by atoms with Crippen molar-refractivity contribution >= 4 is 0 Å². The van der Waals surface area contributed by atoms with Gasteiger partial charge in [0.15, 0.2) is 5.82 Å². The Hall–Kier alpha value is -1.95. The lowest BCUT2D eigenvalue weighted by Gasteiger charge is -2.26. The second-order valence-electron chi connectivity index (χ2n) is 4.30. The Bertz CT molecular complexity index is 539. The molecule has 0 bridgehead atoms. The molecular weight excluding hydrogens is 230 g/mol. The molecule has 0 amide bonds. The maximum atomic E-state index is 5.62. The minimum absolute atomic E-state index is 0.291. The molecule has 0 spiro atoms. The molecule has 0 aliphatic carbocycles. The fourth-order valence-corrected chi connectivity index (χ4v) is 2.16. The second-order valence-corrected chi connectivity index (χ2v) is 4.30. The first-order valence-electron chi connectivity index (χ1n) is 6.01. The topological polar surface area (TPSA) is 64.9 Å². The molecule has 0 saturated carbocycles. The Balaban J connectivity index is 1.71. The maximum absolute atomic E-state index is 5.62. The summed E-state index contributed by atoms with van der Waals surface area (Å²) >= 11 is 0. The molecule has 18 heavy (non-hydrogen) atoms. The maximum Gasteiger partial charge on any atom is 0.188 e. The molecule has 0 fully saturated rings. The van der Waals surface area contributed by atoms with E-state index in [-0.39, 0.29) is 0 Å². The zero-order valence-electron chi connectivity index (χ0n) is 10.2. The highest BCUT2D eigenvalue weighted by Gasteiger charge is 2.20. The number of rotatable bonds is 3. The third kappa shape index (κ3) is 2.19. The van der Waals surface area contributed by atoms with E-state index >= 15 is 0 Å². The molecule has 0 radical (unpaired) electrons. The summed E-state index contributed by atoms with van der Waals surface area (Å²) in [6.07, 6.45) is 0.956. The average Bonchev–Trinajstić information content (AvgIpc) is 2.82. The lowest BCUT2D eigenvalue weighted by Crippen LogP contribution is -2.27. The molecular formula is C12H15N5O. The van der Waals surface area contributed by atoms with Gasteiger partial charge in [-0.05, 0) is 11.3 Å². The Labute approximate surface area is 105 Å². The number of nitrogens with zero attached hydrogens (tertiary/aromatic N) is 4. The first-order chi connectivity index (χ1) is 8.83. The van der Waals surface area contributed by atoms with Gasteiger partial charge in [-0.1, -0.05) is 18.2 Å². The van der Waals surface area contributed by atoms with E-state index in [4.69, 9.17) is 4.74 Å². The molecule has 3 rings (SSSR count). The lowest BCUT2D eigenvalue weighted by atomic mass is 10.0. The largest absolute Gasteiger partial charge is 0.493 e. The summed E-state index contributed by atoms with van der Waals surface area (Å²) in [5.41, 5.74) is 1.20. The van der Waals surface area contributed by atoms with E-state index in [2.05, 4.69) is 26.8 Å². The molecule has 2 aromatic rings. The van der Waals surface area contributed by atoms with Gasteiger partial charge in [-0.25, -0.2) is 0 Å². The van der Waals surface area contributed by atoms with Gasteiger partial charge in [0.2, 0.25) is 0 Å². The Kier molecular flexibility index (Phi) is 2.93. The van der Waals surface area contributed by atoms with E-state index in [1.807, 2.05) is 18.2 Å². The van der Waals surface area contributed by atoms with Gasteiger partial charge in [0.25, 0.3) is 0 Å². The van der Waals surface area contributed by atoms with Crippen molar-refractivity contribution < 1.29 is 4.74 Å². The molecule has 1 atom stereocenters. The van der Waals surface area contributed by atoms with Crippen LogP contribution in [0.25, 0.3) is 0 Å². The van der Waals surface area contributed by atoms with Gasteiger partial charge < -0.3 is 10.1 Å². The molecule has 1 N–H and O–H groups in total. The fourth-order valence-electron chi connectivity index (χ4n) is 2.16. The number of benzene rings is 1. The predicted octanol–water partition coefficient (Wildman–Crippen LogP) is 0.823. The molecule has 1 aliphatic heterocycles. The van der Waals surface area contributed by atoms with Crippen molar-refractivity contribution in [3.05, 3.63) is 35.7 Å². The fraction of sp³-hybridized carbons (Fsp3) is 0.417. The van der Waals surface area contributed by atoms with Crippen molar-refractivity contribution in [2.75, 3.05) is 6.61 Å². The van der Waals surface area contributed by atoms with Crippen LogP contribution in [-0.2, 0) is 13.6 Å². The highest BCUT2D eigenvalue weighted by Crippen LogP contribution is 2.31. The second kappa shape index (κ2) is 4.73. The van der Waals surface area contributed by atoms with Crippen molar-refractivity contribution in [2.45, 2.75) is 19.0 Å². The Morgan fingerprint density at radius 1 is 1.44 bits per heavy atom. The van der Waals surface area contributed by atoms with E-state index in [1.165, 1.54) is 10.4 Å². The van der Waals surface area contributed by atoms with Crippen molar-refractivity contribution in [1.82, 2.24) is 25.5 Å². The van der Waals surface area contributed by atoms with E-state index < -0.39 is 0 Å². The normalized spacial score (nSPS) is 18.2. The summed E-state index contributed by atoms with van der Waals surface area (Å²) in [6.45, 7) is 1.36. The summed E-state index contributed by atoms with van der Waals surface area (Å²) in [4.78, 5) is 1.47. The van der Waals surface area contributed by atoms with E-state index in [1.54, 1.807) is 7.05 Å². The van der Waals surface area contributed by atoms with E-state index in [0.29, 0.717) is 18.4 Å². The number of fused-ring (bicyclic) bond motifs is 1. The Morgan fingerprint density at radius 3 is 3.17 bits per heavy atom. The summed E-state index contributed by atoms with van der Waals surface area (Å²) < 4.78 is 5.62. The number of hydrogen-bond donors (Lipinski definition) is 1. The van der Waals surface area contributed by atoms with Crippen LogP contribution < -0.4 is 10.1 Å². The molecule has 6 heteroatoms. The van der Waals surface area contributed by atoms with E-state index in [9.17, 15) is 0 Å². The molecule has 1 aromatic carbocycles. The number of hydrogen-bond acceptors (Lipinski definition) is 5. The summed E-state index contributed by atoms with van der Waals surface area (Å²) in [5.74, 6) is 1.68. The summed E-state index contributed by atoms with van der Waals surface area (Å²) in [5, 5.41) is 15.4. The van der Waals surface area contributed by atoms with Gasteiger partial charge in [-0.2, -0.15) is 4.80 Å². The zero-order valence-corrected chi connectivity index (χ0v) is 10.2. The van der Waals surface area contributed by atoms with Gasteiger partial charge in [0.1, 0.15) is 5.75 Å². The first-order valence-corrected chi connectivity index (χ1v) is 6.01. The zero-order chi connectivity index (χ0) is 12.4. The Morgan fingerprint density at radius 2 is 2.33 bits per heavy atom. The number of para-hydroxylation sites is 1. The number of tetrazole rings is 1. The average molecular weight is 245 g/mol. The van der Waals surface area contributed by atoms with Crippen LogP contribution in [0.15, 0.2) is 24.3 Å². The van der Waals surface area contributed by atoms with Crippen LogP contribution in [0.1, 0.15) is 23.9 Å². The molecule has 1 unspecified atom stereocenters. The monoisotopic (exact) mass is 245 g/mol. The first kappa shape index (κ1) is 11.2. The van der Waals surface area contributed by atoms with Gasteiger partial charge in [-0.3, -0.25) is 0 Å².